The molecule has 0 aliphatic carbocycles. The fourth-order valence-corrected chi connectivity index (χ4v) is 4.67. The number of nitrogens with two attached hydrogens (primary N) is 1. The van der Waals surface area contributed by atoms with E-state index in [1.807, 2.05) is 11.8 Å². The Kier molecular flexibility index (Phi) is 4.14. The molecule has 2 N–H and O–H groups in total. The van der Waals surface area contributed by atoms with E-state index in [1.54, 1.807) is 4.31 Å². The minimum Gasteiger partial charge on any atom is -0.384 e. The second kappa shape index (κ2) is 5.46. The fourth-order valence-electron chi connectivity index (χ4n) is 1.85. The van der Waals surface area contributed by atoms with Crippen LogP contribution in [0.5, 0.6) is 0 Å². The van der Waals surface area contributed by atoms with Crippen LogP contribution in [0.3, 0.4) is 0 Å². The van der Waals surface area contributed by atoms with Gasteiger partial charge in [-0.25, -0.2) is 13.4 Å². The molecule has 1 aliphatic heterocycles. The lowest BCUT2D eigenvalue weighted by molar-refractivity contribution is 0.416. The van der Waals surface area contributed by atoms with E-state index in [0.717, 1.165) is 12.2 Å². The summed E-state index contributed by atoms with van der Waals surface area (Å²) in [5.41, 5.74) is 5.47. The van der Waals surface area contributed by atoms with Gasteiger partial charge in [-0.05, 0) is 18.6 Å². The maximum Gasteiger partial charge on any atom is 0.244 e. The lowest BCUT2D eigenvalue weighted by Crippen LogP contribution is -2.41. The van der Waals surface area contributed by atoms with Crippen LogP contribution in [0.25, 0.3) is 0 Å². The molecule has 100 valence electrons. The standard InChI is InChI=1S/C11H17N3O2S2/c1-2-9-8-14(5-6-17-9)18(15,16)10-3-4-11(12)13-7-10/h3-4,7,9H,2,5-6,8H2,1H3,(H2,12,13). The molecular formula is C11H17N3O2S2. The molecule has 1 aromatic rings. The molecular weight excluding hydrogens is 270 g/mol. The van der Waals surface area contributed by atoms with Gasteiger partial charge in [-0.1, -0.05) is 6.92 Å². The maximum absolute atomic E-state index is 12.4. The third-order valence-electron chi connectivity index (χ3n) is 2.95. The number of thioether (sulfide) groups is 1. The molecule has 2 heterocycles. The van der Waals surface area contributed by atoms with Crippen molar-refractivity contribution in [2.75, 3.05) is 24.6 Å². The van der Waals surface area contributed by atoms with Crippen molar-refractivity contribution in [3.63, 3.8) is 0 Å². The lowest BCUT2D eigenvalue weighted by atomic mass is 10.3. The summed E-state index contributed by atoms with van der Waals surface area (Å²) >= 11 is 1.84. The van der Waals surface area contributed by atoms with Crippen molar-refractivity contribution < 1.29 is 8.42 Å². The highest BCUT2D eigenvalue weighted by Gasteiger charge is 2.29. The second-order valence-corrected chi connectivity index (χ2v) is 7.53. The van der Waals surface area contributed by atoms with Crippen molar-refractivity contribution >= 4 is 27.6 Å². The molecule has 1 aliphatic rings. The molecule has 0 bridgehead atoms. The Morgan fingerprint density at radius 2 is 2.33 bits per heavy atom. The number of sulfonamides is 1. The van der Waals surface area contributed by atoms with Crippen LogP contribution in [-0.4, -0.2) is 41.8 Å². The molecule has 2 rings (SSSR count). The van der Waals surface area contributed by atoms with Crippen molar-refractivity contribution in [2.24, 2.45) is 0 Å². The first kappa shape index (κ1) is 13.6. The number of hydrogen-bond acceptors (Lipinski definition) is 5. The Balaban J connectivity index is 2.22. The monoisotopic (exact) mass is 287 g/mol. The first-order chi connectivity index (χ1) is 8.54. The van der Waals surface area contributed by atoms with Gasteiger partial charge in [0.05, 0.1) is 0 Å². The predicted octanol–water partition coefficient (Wildman–Crippen LogP) is 1.18. The van der Waals surface area contributed by atoms with Gasteiger partial charge in [-0.15, -0.1) is 0 Å². The van der Waals surface area contributed by atoms with Crippen molar-refractivity contribution in [3.05, 3.63) is 18.3 Å². The average molecular weight is 287 g/mol. The third-order valence-corrected chi connectivity index (χ3v) is 6.17. The number of nitrogen functional groups attached to an aromatic ring is 1. The van der Waals surface area contributed by atoms with Crippen molar-refractivity contribution in [1.82, 2.24) is 9.29 Å². The largest absolute Gasteiger partial charge is 0.384 e. The highest BCUT2D eigenvalue weighted by atomic mass is 32.2. The molecule has 18 heavy (non-hydrogen) atoms. The zero-order chi connectivity index (χ0) is 13.2. The minimum atomic E-state index is -3.42. The van der Waals surface area contributed by atoms with Crippen LogP contribution >= 0.6 is 11.8 Å². The summed E-state index contributed by atoms with van der Waals surface area (Å²) in [4.78, 5) is 4.07. The molecule has 0 saturated carbocycles. The van der Waals surface area contributed by atoms with E-state index in [2.05, 4.69) is 11.9 Å². The Hall–Kier alpha value is -0.790. The highest BCUT2D eigenvalue weighted by Crippen LogP contribution is 2.25. The normalized spacial score (nSPS) is 21.9. The van der Waals surface area contributed by atoms with Gasteiger partial charge in [0.1, 0.15) is 10.7 Å². The van der Waals surface area contributed by atoms with E-state index in [-0.39, 0.29) is 4.90 Å². The van der Waals surface area contributed by atoms with E-state index in [1.165, 1.54) is 18.3 Å². The first-order valence-electron chi connectivity index (χ1n) is 5.87. The SMILES string of the molecule is CCC1CN(S(=O)(=O)c2ccc(N)nc2)CCS1. The van der Waals surface area contributed by atoms with Crippen molar-refractivity contribution in [1.29, 1.82) is 0 Å². The van der Waals surface area contributed by atoms with Crippen LogP contribution in [0, 0.1) is 0 Å². The Labute approximate surface area is 112 Å². The van der Waals surface area contributed by atoms with Crippen LogP contribution in [0.15, 0.2) is 23.2 Å². The van der Waals surface area contributed by atoms with Crippen LogP contribution in [0.2, 0.25) is 0 Å². The van der Waals surface area contributed by atoms with Crippen molar-refractivity contribution in [3.8, 4) is 0 Å². The molecule has 1 saturated heterocycles. The minimum absolute atomic E-state index is 0.221. The van der Waals surface area contributed by atoms with Crippen LogP contribution < -0.4 is 5.73 Å². The van der Waals surface area contributed by atoms with Gasteiger partial charge < -0.3 is 5.73 Å². The van der Waals surface area contributed by atoms with Gasteiger partial charge in [0.15, 0.2) is 0 Å². The van der Waals surface area contributed by atoms with E-state index in [9.17, 15) is 8.42 Å². The lowest BCUT2D eigenvalue weighted by Gasteiger charge is -2.30. The van der Waals surface area contributed by atoms with Crippen LogP contribution in [0.1, 0.15) is 13.3 Å². The molecule has 0 amide bonds. The molecule has 1 fully saturated rings. The molecule has 1 atom stereocenters. The molecule has 7 heteroatoms. The number of pyridine rings is 1. The van der Waals surface area contributed by atoms with Gasteiger partial charge in [-0.3, -0.25) is 0 Å². The smallest absolute Gasteiger partial charge is 0.244 e. The van der Waals surface area contributed by atoms with E-state index >= 15 is 0 Å². The van der Waals surface area contributed by atoms with E-state index in [0.29, 0.717) is 24.2 Å². The molecule has 5 nitrogen and oxygen atoms in total. The summed E-state index contributed by atoms with van der Waals surface area (Å²) in [6, 6.07) is 3.03. The Morgan fingerprint density at radius 3 is 2.94 bits per heavy atom. The quantitative estimate of drug-likeness (QED) is 0.903. The van der Waals surface area contributed by atoms with Crippen molar-refractivity contribution in [2.45, 2.75) is 23.5 Å². The summed E-state index contributed by atoms with van der Waals surface area (Å²) in [7, 11) is -3.42. The summed E-state index contributed by atoms with van der Waals surface area (Å²) in [5, 5.41) is 0.385. The van der Waals surface area contributed by atoms with E-state index < -0.39 is 10.0 Å². The summed E-state index contributed by atoms with van der Waals surface area (Å²) in [6.45, 7) is 3.22. The van der Waals surface area contributed by atoms with Gasteiger partial charge >= 0.3 is 0 Å². The Bertz CT molecular complexity index is 502. The summed E-state index contributed by atoms with van der Waals surface area (Å²) < 4.78 is 26.3. The summed E-state index contributed by atoms with van der Waals surface area (Å²) in [5.74, 6) is 1.18. The van der Waals surface area contributed by atoms with Gasteiger partial charge in [0.25, 0.3) is 0 Å². The molecule has 0 spiro atoms. The molecule has 0 radical (unpaired) electrons. The number of aromatic nitrogens is 1. The first-order valence-corrected chi connectivity index (χ1v) is 8.36. The summed E-state index contributed by atoms with van der Waals surface area (Å²) in [6.07, 6.45) is 2.31. The number of rotatable bonds is 3. The molecule has 1 aromatic heterocycles. The predicted molar refractivity (Wildman–Crippen MR) is 73.9 cm³/mol. The van der Waals surface area contributed by atoms with Crippen LogP contribution in [-0.2, 0) is 10.0 Å². The van der Waals surface area contributed by atoms with Gasteiger partial charge in [-0.2, -0.15) is 16.1 Å². The van der Waals surface area contributed by atoms with Gasteiger partial charge in [0.2, 0.25) is 10.0 Å². The average Bonchev–Trinajstić information content (AvgIpc) is 2.39. The maximum atomic E-state index is 12.4. The fraction of sp³-hybridized carbons (Fsp3) is 0.545. The highest BCUT2D eigenvalue weighted by molar-refractivity contribution is 8.00. The zero-order valence-corrected chi connectivity index (χ0v) is 11.9. The number of anilines is 1. The zero-order valence-electron chi connectivity index (χ0n) is 10.2. The number of hydrogen-bond donors (Lipinski definition) is 1. The van der Waals surface area contributed by atoms with Gasteiger partial charge in [0, 0.05) is 30.3 Å². The van der Waals surface area contributed by atoms with Crippen LogP contribution in [0.4, 0.5) is 5.82 Å². The number of nitrogens with zero attached hydrogens (tertiary/aromatic N) is 2. The topological polar surface area (TPSA) is 76.3 Å². The molecule has 0 aromatic carbocycles. The molecule has 1 unspecified atom stereocenters. The van der Waals surface area contributed by atoms with E-state index in [4.69, 9.17) is 5.73 Å². The second-order valence-electron chi connectivity index (χ2n) is 4.18. The third kappa shape index (κ3) is 2.78. The Morgan fingerprint density at radius 1 is 1.56 bits per heavy atom.